The number of ether oxygens (including phenoxy) is 3. The van der Waals surface area contributed by atoms with Crippen LogP contribution in [0.25, 0.3) is 27.0 Å². The van der Waals surface area contributed by atoms with Gasteiger partial charge in [-0.3, -0.25) is 4.79 Å². The number of halogens is 3. The van der Waals surface area contributed by atoms with Crippen molar-refractivity contribution in [2.45, 2.75) is 58.6 Å². The van der Waals surface area contributed by atoms with Gasteiger partial charge in [0.05, 0.1) is 36.4 Å². The number of carbonyl (C=O) groups is 2. The quantitative estimate of drug-likeness (QED) is 0.202. The highest BCUT2D eigenvalue weighted by atomic mass is 32.1. The lowest BCUT2D eigenvalue weighted by molar-refractivity contribution is 0.0205. The number of esters is 1. The Hall–Kier alpha value is -4.32. The minimum absolute atomic E-state index is 0.0163. The second kappa shape index (κ2) is 12.2. The molecule has 0 spiro atoms. The molecular weight excluding hydrogens is 609 g/mol. The van der Waals surface area contributed by atoms with E-state index in [1.165, 1.54) is 23.0 Å². The van der Waals surface area contributed by atoms with E-state index in [9.17, 15) is 18.8 Å². The zero-order valence-electron chi connectivity index (χ0n) is 25.8. The van der Waals surface area contributed by atoms with E-state index in [1.54, 1.807) is 45.7 Å². The van der Waals surface area contributed by atoms with Gasteiger partial charge in [-0.1, -0.05) is 0 Å². The lowest BCUT2D eigenvalue weighted by Crippen LogP contribution is -2.37. The Labute approximate surface area is 261 Å². The molecule has 1 aliphatic rings. The van der Waals surface area contributed by atoms with E-state index in [4.69, 9.17) is 14.2 Å². The Kier molecular flexibility index (Phi) is 8.72. The predicted octanol–water partition coefficient (Wildman–Crippen LogP) is 7.57. The van der Waals surface area contributed by atoms with Gasteiger partial charge in [-0.2, -0.15) is 0 Å². The molecule has 2 aromatic heterocycles. The molecule has 0 saturated heterocycles. The number of amides is 1. The molecule has 1 atom stereocenters. The average Bonchev–Trinajstić information content (AvgIpc) is 3.40. The maximum atomic E-state index is 16.2. The fraction of sp³-hybridized carbons (Fsp3) is 0.364. The summed E-state index contributed by atoms with van der Waals surface area (Å²) in [5.74, 6) is -3.69. The molecule has 2 aromatic carbocycles. The number of methoxy groups -OCH3 is 1. The first kappa shape index (κ1) is 32.1. The summed E-state index contributed by atoms with van der Waals surface area (Å²) in [6.07, 6.45) is 2.79. The summed E-state index contributed by atoms with van der Waals surface area (Å²) >= 11 is 1.33. The second-order valence-corrected chi connectivity index (χ2v) is 12.8. The number of carbonyl (C=O) groups excluding carboxylic acids is 2. The van der Waals surface area contributed by atoms with Crippen LogP contribution >= 0.6 is 11.3 Å². The Morgan fingerprint density at radius 3 is 2.49 bits per heavy atom. The Bertz CT molecular complexity index is 1880. The first-order chi connectivity index (χ1) is 21.2. The molecule has 1 aliphatic carbocycles. The molecule has 0 fully saturated rings. The van der Waals surface area contributed by atoms with Crippen molar-refractivity contribution in [3.63, 3.8) is 0 Å². The fourth-order valence-electron chi connectivity index (χ4n) is 5.59. The molecule has 8 nitrogen and oxygen atoms in total. The number of rotatable bonds is 6. The molecule has 0 aliphatic heterocycles. The summed E-state index contributed by atoms with van der Waals surface area (Å²) in [5, 5.41) is -0.258. The topological polar surface area (TPSA) is 87.1 Å². The largest absolute Gasteiger partial charge is 0.494 e. The van der Waals surface area contributed by atoms with E-state index in [0.29, 0.717) is 23.8 Å². The van der Waals surface area contributed by atoms with E-state index >= 15 is 8.78 Å². The Morgan fingerprint density at radius 2 is 1.84 bits per heavy atom. The Morgan fingerprint density at radius 1 is 1.11 bits per heavy atom. The highest BCUT2D eigenvalue weighted by molar-refractivity contribution is 7.15. The molecule has 5 rings (SSSR count). The molecule has 0 radical (unpaired) electrons. The van der Waals surface area contributed by atoms with Gasteiger partial charge in [-0.15, -0.1) is 11.3 Å². The summed E-state index contributed by atoms with van der Waals surface area (Å²) in [6.45, 7) is 6.88. The van der Waals surface area contributed by atoms with Crippen LogP contribution in [0.1, 0.15) is 67.4 Å². The molecule has 1 amide bonds. The highest BCUT2D eigenvalue weighted by Crippen LogP contribution is 2.47. The normalized spacial score (nSPS) is 14.6. The van der Waals surface area contributed by atoms with Gasteiger partial charge in [0.25, 0.3) is 0 Å². The van der Waals surface area contributed by atoms with Gasteiger partial charge < -0.3 is 23.7 Å². The maximum absolute atomic E-state index is 16.2. The van der Waals surface area contributed by atoms with Crippen molar-refractivity contribution in [2.24, 2.45) is 0 Å². The van der Waals surface area contributed by atoms with Gasteiger partial charge in [-0.05, 0) is 76.8 Å². The average molecular weight is 643 g/mol. The minimum Gasteiger partial charge on any atom is -0.494 e. The number of aryl methyl sites for hydroxylation is 1. The standard InChI is InChI=1S/C33H33F3N2O6S/c1-7-43-31(40)20-16-38(24-12-11-17(34)13-21(24)35)28-19(29(20)39)14-22(36)27(30(28)42-6)26-15-18-23(9-8-10-25(18)45-26)37(5)32(41)44-33(2,3)4/h11-16,23H,7-10H2,1-6H3. The molecular formula is C33H33F3N2O6S. The molecule has 0 N–H and O–H groups in total. The first-order valence-corrected chi connectivity index (χ1v) is 15.2. The fourth-order valence-corrected chi connectivity index (χ4v) is 6.90. The third-order valence-electron chi connectivity index (χ3n) is 7.54. The first-order valence-electron chi connectivity index (χ1n) is 14.4. The second-order valence-electron chi connectivity index (χ2n) is 11.7. The molecule has 238 valence electrons. The smallest absolute Gasteiger partial charge is 0.410 e. The zero-order chi connectivity index (χ0) is 32.8. The SMILES string of the molecule is CCOC(=O)c1cn(-c2ccc(F)cc2F)c2c(OC)c(-c3cc4c(s3)CCCC4N(C)C(=O)OC(C)(C)C)c(F)cc2c1=O. The molecule has 0 saturated carbocycles. The van der Waals surface area contributed by atoms with E-state index in [1.807, 2.05) is 0 Å². The number of aromatic nitrogens is 1. The van der Waals surface area contributed by atoms with Gasteiger partial charge in [0.1, 0.15) is 34.1 Å². The molecule has 0 bridgehead atoms. The molecule has 4 aromatic rings. The predicted molar refractivity (Wildman–Crippen MR) is 165 cm³/mol. The third-order valence-corrected chi connectivity index (χ3v) is 8.77. The lowest BCUT2D eigenvalue weighted by Gasteiger charge is -2.33. The van der Waals surface area contributed by atoms with E-state index in [2.05, 4.69) is 0 Å². The molecule has 45 heavy (non-hydrogen) atoms. The number of pyridine rings is 1. The van der Waals surface area contributed by atoms with Crippen molar-refractivity contribution < 1.29 is 37.0 Å². The van der Waals surface area contributed by atoms with Gasteiger partial charge >= 0.3 is 12.1 Å². The number of fused-ring (bicyclic) bond motifs is 2. The monoisotopic (exact) mass is 642 g/mol. The van der Waals surface area contributed by atoms with Crippen LogP contribution in [-0.2, 0) is 15.9 Å². The summed E-state index contributed by atoms with van der Waals surface area (Å²) in [7, 11) is 2.96. The van der Waals surface area contributed by atoms with Crippen LogP contribution in [0.15, 0.2) is 41.3 Å². The van der Waals surface area contributed by atoms with Crippen molar-refractivity contribution in [3.8, 4) is 21.9 Å². The van der Waals surface area contributed by atoms with Crippen LogP contribution < -0.4 is 10.2 Å². The van der Waals surface area contributed by atoms with Crippen LogP contribution in [0.3, 0.4) is 0 Å². The van der Waals surface area contributed by atoms with Crippen molar-refractivity contribution in [1.82, 2.24) is 9.47 Å². The van der Waals surface area contributed by atoms with Gasteiger partial charge in [0.2, 0.25) is 5.43 Å². The summed E-state index contributed by atoms with van der Waals surface area (Å²) in [6, 6.07) is 5.30. The van der Waals surface area contributed by atoms with E-state index in [-0.39, 0.29) is 40.6 Å². The van der Waals surface area contributed by atoms with Gasteiger partial charge in [0, 0.05) is 29.1 Å². The zero-order valence-corrected chi connectivity index (χ0v) is 26.6. The van der Waals surface area contributed by atoms with Crippen LogP contribution in [0, 0.1) is 17.5 Å². The van der Waals surface area contributed by atoms with Crippen LogP contribution in [0.2, 0.25) is 0 Å². The van der Waals surface area contributed by atoms with Crippen molar-refractivity contribution in [2.75, 3.05) is 20.8 Å². The number of hydrogen-bond acceptors (Lipinski definition) is 7. The van der Waals surface area contributed by atoms with Gasteiger partial charge in [-0.25, -0.2) is 22.8 Å². The third kappa shape index (κ3) is 6.03. The van der Waals surface area contributed by atoms with E-state index in [0.717, 1.165) is 41.3 Å². The van der Waals surface area contributed by atoms with Crippen LogP contribution in [-0.4, -0.2) is 47.9 Å². The summed E-state index contributed by atoms with van der Waals surface area (Å²) in [4.78, 5) is 42.2. The maximum Gasteiger partial charge on any atom is 0.410 e. The van der Waals surface area contributed by atoms with Gasteiger partial charge in [0.15, 0.2) is 5.75 Å². The summed E-state index contributed by atoms with van der Waals surface area (Å²) in [5.41, 5.74) is -1.34. The van der Waals surface area contributed by atoms with Crippen molar-refractivity contribution in [1.29, 1.82) is 0 Å². The highest BCUT2D eigenvalue weighted by Gasteiger charge is 2.33. The van der Waals surface area contributed by atoms with E-state index < -0.39 is 46.1 Å². The minimum atomic E-state index is -0.984. The number of thiophene rings is 1. The van der Waals surface area contributed by atoms with Crippen molar-refractivity contribution >= 4 is 34.3 Å². The number of hydrogen-bond donors (Lipinski definition) is 0. The van der Waals surface area contributed by atoms with Crippen molar-refractivity contribution in [3.05, 3.63) is 80.2 Å². The Balaban J connectivity index is 1.75. The lowest BCUT2D eigenvalue weighted by atomic mass is 9.92. The number of nitrogens with zero attached hydrogens (tertiary/aromatic N) is 2. The molecule has 2 heterocycles. The van der Waals surface area contributed by atoms with Crippen LogP contribution in [0.5, 0.6) is 5.75 Å². The van der Waals surface area contributed by atoms with Crippen LogP contribution in [0.4, 0.5) is 18.0 Å². The number of benzene rings is 2. The molecule has 1 unspecified atom stereocenters. The summed E-state index contributed by atoms with van der Waals surface area (Å²) < 4.78 is 62.8. The molecule has 12 heteroatoms.